The maximum atomic E-state index is 9.47. The largest absolute Gasteiger partial charge is 0.356 e. The topological polar surface area (TPSA) is 35.8 Å². The van der Waals surface area contributed by atoms with Crippen molar-refractivity contribution in [3.8, 4) is 6.07 Å². The van der Waals surface area contributed by atoms with Gasteiger partial charge in [0.15, 0.2) is 0 Å². The molecule has 0 aliphatic rings. The van der Waals surface area contributed by atoms with E-state index in [4.69, 9.17) is 23.2 Å². The highest BCUT2D eigenvalue weighted by molar-refractivity contribution is 6.42. The molecule has 4 rings (SSSR count). The Morgan fingerprint density at radius 3 is 1.84 bits per heavy atom. The van der Waals surface area contributed by atoms with Gasteiger partial charge in [-0.3, -0.25) is 0 Å². The van der Waals surface area contributed by atoms with Crippen molar-refractivity contribution in [2.75, 3.05) is 5.32 Å². The second kappa shape index (κ2) is 9.92. The molecule has 0 heterocycles. The van der Waals surface area contributed by atoms with Gasteiger partial charge in [0.2, 0.25) is 0 Å². The van der Waals surface area contributed by atoms with Gasteiger partial charge < -0.3 is 5.32 Å². The number of benzene rings is 4. The van der Waals surface area contributed by atoms with Crippen molar-refractivity contribution >= 4 is 34.6 Å². The minimum Gasteiger partial charge on any atom is -0.356 e. The number of anilines is 2. The molecule has 4 aromatic rings. The molecule has 4 heteroatoms. The lowest BCUT2D eigenvalue weighted by atomic mass is 9.67. The van der Waals surface area contributed by atoms with Crippen LogP contribution in [0.5, 0.6) is 0 Å². The van der Waals surface area contributed by atoms with Crippen molar-refractivity contribution in [2.24, 2.45) is 0 Å². The maximum Gasteiger partial charge on any atom is 0.0622 e. The number of hydrogen-bond acceptors (Lipinski definition) is 2. The van der Waals surface area contributed by atoms with Gasteiger partial charge in [-0.15, -0.1) is 0 Å². The summed E-state index contributed by atoms with van der Waals surface area (Å²) < 4.78 is 0. The zero-order valence-corrected chi connectivity index (χ0v) is 18.9. The second-order valence-electron chi connectivity index (χ2n) is 7.63. The first-order chi connectivity index (χ1) is 15.6. The molecule has 0 amide bonds. The molecule has 4 aromatic carbocycles. The van der Waals surface area contributed by atoms with Crippen molar-refractivity contribution in [3.05, 3.63) is 130 Å². The minimum absolute atomic E-state index is 0.402. The van der Waals surface area contributed by atoms with Crippen molar-refractivity contribution in [3.63, 3.8) is 0 Å². The summed E-state index contributed by atoms with van der Waals surface area (Å²) in [5, 5.41) is 13.9. The van der Waals surface area contributed by atoms with Crippen molar-refractivity contribution in [1.82, 2.24) is 0 Å². The van der Waals surface area contributed by atoms with Crippen LogP contribution in [-0.2, 0) is 5.41 Å². The SMILES string of the molecule is N#CCCC(c1ccccc1)(c1ccc(Nc2ccccc2)cc1)c1ccc(Cl)c(Cl)c1. The summed E-state index contributed by atoms with van der Waals surface area (Å²) >= 11 is 12.7. The Kier molecular flexibility index (Phi) is 6.81. The van der Waals surface area contributed by atoms with E-state index in [1.807, 2.05) is 66.7 Å². The number of para-hydroxylation sites is 1. The van der Waals surface area contributed by atoms with Crippen molar-refractivity contribution < 1.29 is 0 Å². The molecule has 32 heavy (non-hydrogen) atoms. The molecule has 158 valence electrons. The van der Waals surface area contributed by atoms with E-state index in [9.17, 15) is 5.26 Å². The molecule has 1 atom stereocenters. The van der Waals surface area contributed by atoms with Gasteiger partial charge in [-0.25, -0.2) is 0 Å². The first-order valence-corrected chi connectivity index (χ1v) is 11.2. The van der Waals surface area contributed by atoms with Gasteiger partial charge in [-0.2, -0.15) is 5.26 Å². The fourth-order valence-corrected chi connectivity index (χ4v) is 4.49. The van der Waals surface area contributed by atoms with Crippen LogP contribution in [0.4, 0.5) is 11.4 Å². The number of hydrogen-bond donors (Lipinski definition) is 1. The lowest BCUT2D eigenvalue weighted by Gasteiger charge is -2.36. The summed E-state index contributed by atoms with van der Waals surface area (Å²) in [6.45, 7) is 0. The minimum atomic E-state index is -0.531. The highest BCUT2D eigenvalue weighted by atomic mass is 35.5. The van der Waals surface area contributed by atoms with E-state index in [-0.39, 0.29) is 0 Å². The fourth-order valence-electron chi connectivity index (χ4n) is 4.19. The van der Waals surface area contributed by atoms with E-state index >= 15 is 0 Å². The Morgan fingerprint density at radius 1 is 0.656 bits per heavy atom. The van der Waals surface area contributed by atoms with Gasteiger partial charge in [0.25, 0.3) is 0 Å². The van der Waals surface area contributed by atoms with Gasteiger partial charge in [-0.1, -0.05) is 89.9 Å². The lowest BCUT2D eigenvalue weighted by Crippen LogP contribution is -2.29. The molecule has 0 fully saturated rings. The highest BCUT2D eigenvalue weighted by Gasteiger charge is 2.36. The smallest absolute Gasteiger partial charge is 0.0622 e. The van der Waals surface area contributed by atoms with Crippen LogP contribution < -0.4 is 5.32 Å². The van der Waals surface area contributed by atoms with E-state index in [0.29, 0.717) is 22.9 Å². The third-order valence-electron chi connectivity index (χ3n) is 5.73. The van der Waals surface area contributed by atoms with Crippen LogP contribution in [-0.4, -0.2) is 0 Å². The zero-order chi connectivity index (χ0) is 22.4. The first kappa shape index (κ1) is 22.0. The van der Waals surface area contributed by atoms with Crippen LogP contribution in [0.25, 0.3) is 0 Å². The van der Waals surface area contributed by atoms with Crippen molar-refractivity contribution in [2.45, 2.75) is 18.3 Å². The quantitative estimate of drug-likeness (QED) is 0.283. The zero-order valence-electron chi connectivity index (χ0n) is 17.4. The number of nitrogens with zero attached hydrogens (tertiary/aromatic N) is 1. The van der Waals surface area contributed by atoms with Gasteiger partial charge >= 0.3 is 0 Å². The van der Waals surface area contributed by atoms with E-state index in [0.717, 1.165) is 28.1 Å². The summed E-state index contributed by atoms with van der Waals surface area (Å²) in [6, 6.07) is 36.8. The van der Waals surface area contributed by atoms with Gasteiger partial charge in [0.05, 0.1) is 16.1 Å². The molecule has 0 saturated carbocycles. The Bertz CT molecular complexity index is 1220. The van der Waals surface area contributed by atoms with Gasteiger partial charge in [0.1, 0.15) is 0 Å². The Morgan fingerprint density at radius 2 is 1.22 bits per heavy atom. The van der Waals surface area contributed by atoms with Crippen LogP contribution in [0.2, 0.25) is 10.0 Å². The van der Waals surface area contributed by atoms with E-state index in [1.54, 1.807) is 0 Å². The standard InChI is InChI=1S/C28H22Cl2N2/c29-26-17-14-23(20-27(26)30)28(18-7-19-31,21-8-3-1-4-9-21)22-12-15-25(16-13-22)32-24-10-5-2-6-11-24/h1-6,8-17,20,32H,7,18H2. The molecule has 0 spiro atoms. The summed E-state index contributed by atoms with van der Waals surface area (Å²) in [7, 11) is 0. The lowest BCUT2D eigenvalue weighted by molar-refractivity contribution is 0.569. The Hall–Kier alpha value is -3.25. The van der Waals surface area contributed by atoms with E-state index in [1.165, 1.54) is 0 Å². The average Bonchev–Trinajstić information content (AvgIpc) is 2.84. The molecule has 0 aromatic heterocycles. The number of rotatable bonds is 7. The maximum absolute atomic E-state index is 9.47. The third kappa shape index (κ3) is 4.50. The predicted molar refractivity (Wildman–Crippen MR) is 134 cm³/mol. The summed E-state index contributed by atoms with van der Waals surface area (Å²) in [4.78, 5) is 0. The molecule has 0 radical (unpaired) electrons. The molecule has 1 N–H and O–H groups in total. The normalized spacial score (nSPS) is 12.5. The molecular formula is C28H22Cl2N2. The monoisotopic (exact) mass is 456 g/mol. The second-order valence-corrected chi connectivity index (χ2v) is 8.44. The molecular weight excluding hydrogens is 435 g/mol. The van der Waals surface area contributed by atoms with E-state index in [2.05, 4.69) is 47.8 Å². The summed E-state index contributed by atoms with van der Waals surface area (Å²) in [6.07, 6.45) is 1.02. The fraction of sp³-hybridized carbons (Fsp3) is 0.107. The average molecular weight is 457 g/mol. The van der Waals surface area contributed by atoms with Crippen LogP contribution in [0.1, 0.15) is 29.5 Å². The summed E-state index contributed by atoms with van der Waals surface area (Å²) in [5.41, 5.74) is 4.71. The van der Waals surface area contributed by atoms with Gasteiger partial charge in [0, 0.05) is 23.2 Å². The number of nitrogens with one attached hydrogen (secondary N) is 1. The third-order valence-corrected chi connectivity index (χ3v) is 6.47. The molecule has 0 aliphatic carbocycles. The first-order valence-electron chi connectivity index (χ1n) is 10.4. The Labute approximate surface area is 199 Å². The van der Waals surface area contributed by atoms with Crippen LogP contribution in [0.15, 0.2) is 103 Å². The summed E-state index contributed by atoms with van der Waals surface area (Å²) in [5.74, 6) is 0. The van der Waals surface area contributed by atoms with Crippen LogP contribution >= 0.6 is 23.2 Å². The molecule has 0 aliphatic heterocycles. The molecule has 0 saturated heterocycles. The molecule has 0 bridgehead atoms. The van der Waals surface area contributed by atoms with Crippen LogP contribution in [0, 0.1) is 11.3 Å². The highest BCUT2D eigenvalue weighted by Crippen LogP contribution is 2.44. The Balaban J connectivity index is 1.84. The predicted octanol–water partition coefficient (Wildman–Crippen LogP) is 8.38. The number of nitriles is 1. The van der Waals surface area contributed by atoms with Crippen LogP contribution in [0.3, 0.4) is 0 Å². The van der Waals surface area contributed by atoms with Crippen molar-refractivity contribution in [1.29, 1.82) is 5.26 Å². The number of halogens is 2. The van der Waals surface area contributed by atoms with E-state index < -0.39 is 5.41 Å². The molecule has 2 nitrogen and oxygen atoms in total. The molecule has 1 unspecified atom stereocenters. The van der Waals surface area contributed by atoms with Gasteiger partial charge in [-0.05, 0) is 59.5 Å².